The molecule has 29 heavy (non-hydrogen) atoms. The Bertz CT molecular complexity index is 978. The van der Waals surface area contributed by atoms with Gasteiger partial charge in [0.2, 0.25) is 0 Å². The fourth-order valence-corrected chi connectivity index (χ4v) is 3.58. The number of halogens is 3. The van der Waals surface area contributed by atoms with Gasteiger partial charge in [-0.25, -0.2) is 0 Å². The van der Waals surface area contributed by atoms with E-state index in [-0.39, 0.29) is 0 Å². The molecule has 0 unspecified atom stereocenters. The van der Waals surface area contributed by atoms with E-state index in [9.17, 15) is 0 Å². The number of rotatable bonds is 6. The zero-order valence-corrected chi connectivity index (χ0v) is 18.7. The first kappa shape index (κ1) is 21.7. The summed E-state index contributed by atoms with van der Waals surface area (Å²) in [5.74, 6) is 0.808. The Morgan fingerprint density at radius 1 is 0.897 bits per heavy atom. The van der Waals surface area contributed by atoms with E-state index in [0.717, 1.165) is 22.6 Å². The maximum atomic E-state index is 6.39. The van der Waals surface area contributed by atoms with Gasteiger partial charge in [0.1, 0.15) is 5.75 Å². The molecule has 0 bridgehead atoms. The predicted octanol–water partition coefficient (Wildman–Crippen LogP) is 7.05. The molecule has 0 amide bonds. The monoisotopic (exact) mass is 464 g/mol. The standard InChI is InChI=1S/C22H19Cl3N2OS/c1-28-20-10-2-15(3-11-20)13-27(14-16-4-5-18(24)12-21(16)25)22(29)26-19-8-6-17(23)7-9-19/h2-12H,13-14H2,1H3,(H,26,29). The summed E-state index contributed by atoms with van der Waals surface area (Å²) in [6.07, 6.45) is 0. The van der Waals surface area contributed by atoms with Crippen molar-refractivity contribution in [2.45, 2.75) is 13.1 Å². The van der Waals surface area contributed by atoms with Crippen LogP contribution in [0.15, 0.2) is 66.7 Å². The summed E-state index contributed by atoms with van der Waals surface area (Å²) in [7, 11) is 1.65. The average Bonchev–Trinajstić information content (AvgIpc) is 2.71. The van der Waals surface area contributed by atoms with Crippen molar-refractivity contribution in [3.63, 3.8) is 0 Å². The number of anilines is 1. The van der Waals surface area contributed by atoms with E-state index in [1.165, 1.54) is 0 Å². The highest BCUT2D eigenvalue weighted by Crippen LogP contribution is 2.24. The summed E-state index contributed by atoms with van der Waals surface area (Å²) < 4.78 is 5.24. The molecule has 7 heteroatoms. The normalized spacial score (nSPS) is 10.5. The van der Waals surface area contributed by atoms with E-state index < -0.39 is 0 Å². The minimum atomic E-state index is 0.529. The van der Waals surface area contributed by atoms with Gasteiger partial charge in [0.05, 0.1) is 7.11 Å². The van der Waals surface area contributed by atoms with Crippen LogP contribution in [0.2, 0.25) is 15.1 Å². The first-order chi connectivity index (χ1) is 13.9. The molecule has 150 valence electrons. The van der Waals surface area contributed by atoms with E-state index in [0.29, 0.717) is 33.3 Å². The zero-order chi connectivity index (χ0) is 20.8. The van der Waals surface area contributed by atoms with Crippen molar-refractivity contribution in [2.24, 2.45) is 0 Å². The van der Waals surface area contributed by atoms with Crippen LogP contribution < -0.4 is 10.1 Å². The largest absolute Gasteiger partial charge is 0.497 e. The number of methoxy groups -OCH3 is 1. The fourth-order valence-electron chi connectivity index (χ4n) is 2.74. The fraction of sp³-hybridized carbons (Fsp3) is 0.136. The maximum Gasteiger partial charge on any atom is 0.174 e. The Kier molecular flexibility index (Phi) is 7.62. The molecule has 0 fully saturated rings. The smallest absolute Gasteiger partial charge is 0.174 e. The van der Waals surface area contributed by atoms with Crippen LogP contribution >= 0.6 is 47.0 Å². The van der Waals surface area contributed by atoms with E-state index >= 15 is 0 Å². The number of ether oxygens (including phenoxy) is 1. The summed E-state index contributed by atoms with van der Waals surface area (Å²) >= 11 is 24.1. The molecule has 0 atom stereocenters. The molecule has 3 aromatic carbocycles. The van der Waals surface area contributed by atoms with Gasteiger partial charge in [0.25, 0.3) is 0 Å². The van der Waals surface area contributed by atoms with Crippen molar-refractivity contribution in [3.05, 3.63) is 92.9 Å². The second-order valence-electron chi connectivity index (χ2n) is 6.38. The third-order valence-corrected chi connectivity index (χ3v) is 5.49. The van der Waals surface area contributed by atoms with E-state index in [1.54, 1.807) is 13.2 Å². The molecule has 0 aliphatic carbocycles. The number of benzene rings is 3. The molecule has 0 aromatic heterocycles. The van der Waals surface area contributed by atoms with Crippen LogP contribution in [0.25, 0.3) is 0 Å². The zero-order valence-electron chi connectivity index (χ0n) is 15.7. The van der Waals surface area contributed by atoms with Crippen LogP contribution in [0, 0.1) is 0 Å². The molecule has 0 radical (unpaired) electrons. The highest BCUT2D eigenvalue weighted by Gasteiger charge is 2.14. The predicted molar refractivity (Wildman–Crippen MR) is 126 cm³/mol. The minimum Gasteiger partial charge on any atom is -0.497 e. The Morgan fingerprint density at radius 3 is 2.17 bits per heavy atom. The van der Waals surface area contributed by atoms with Crippen molar-refractivity contribution < 1.29 is 4.74 Å². The lowest BCUT2D eigenvalue weighted by Crippen LogP contribution is -2.33. The summed E-state index contributed by atoms with van der Waals surface area (Å²) in [6, 6.07) is 20.8. The van der Waals surface area contributed by atoms with Crippen molar-refractivity contribution in [2.75, 3.05) is 12.4 Å². The van der Waals surface area contributed by atoms with Gasteiger partial charge in [-0.1, -0.05) is 53.0 Å². The van der Waals surface area contributed by atoms with Crippen LogP contribution in [0.5, 0.6) is 5.75 Å². The number of thiocarbonyl (C=S) groups is 1. The number of hydrogen-bond donors (Lipinski definition) is 1. The summed E-state index contributed by atoms with van der Waals surface area (Å²) in [5.41, 5.74) is 2.89. The van der Waals surface area contributed by atoms with Crippen LogP contribution in [0.1, 0.15) is 11.1 Å². The molecule has 3 nitrogen and oxygen atoms in total. The van der Waals surface area contributed by atoms with Crippen molar-refractivity contribution in [3.8, 4) is 5.75 Å². The van der Waals surface area contributed by atoms with Crippen molar-refractivity contribution in [1.82, 2.24) is 4.90 Å². The molecule has 0 aliphatic heterocycles. The Morgan fingerprint density at radius 2 is 1.55 bits per heavy atom. The van der Waals surface area contributed by atoms with E-state index in [2.05, 4.69) is 5.32 Å². The van der Waals surface area contributed by atoms with E-state index in [1.807, 2.05) is 65.6 Å². The third-order valence-electron chi connectivity index (χ3n) is 4.29. The van der Waals surface area contributed by atoms with Gasteiger partial charge in [-0.3, -0.25) is 0 Å². The Balaban J connectivity index is 1.82. The second kappa shape index (κ2) is 10.2. The van der Waals surface area contributed by atoms with Gasteiger partial charge in [0, 0.05) is 33.8 Å². The molecule has 3 aromatic rings. The lowest BCUT2D eigenvalue weighted by molar-refractivity contribution is 0.407. The molecule has 0 heterocycles. The van der Waals surface area contributed by atoms with Gasteiger partial charge in [-0.05, 0) is 71.9 Å². The van der Waals surface area contributed by atoms with Gasteiger partial charge >= 0.3 is 0 Å². The Labute approximate surface area is 191 Å². The Hall–Kier alpha value is -1.98. The van der Waals surface area contributed by atoms with Gasteiger partial charge in [0.15, 0.2) is 5.11 Å². The molecule has 0 spiro atoms. The molecule has 0 aliphatic rings. The maximum absolute atomic E-state index is 6.39. The number of nitrogens with one attached hydrogen (secondary N) is 1. The van der Waals surface area contributed by atoms with Crippen LogP contribution in [0.4, 0.5) is 5.69 Å². The third kappa shape index (κ3) is 6.25. The summed E-state index contributed by atoms with van der Waals surface area (Å²) in [6.45, 7) is 1.13. The number of hydrogen-bond acceptors (Lipinski definition) is 2. The lowest BCUT2D eigenvalue weighted by Gasteiger charge is -2.27. The van der Waals surface area contributed by atoms with Crippen molar-refractivity contribution >= 4 is 57.8 Å². The summed E-state index contributed by atoms with van der Waals surface area (Å²) in [5, 5.41) is 5.72. The van der Waals surface area contributed by atoms with Gasteiger partial charge in [-0.15, -0.1) is 0 Å². The first-order valence-electron chi connectivity index (χ1n) is 8.83. The first-order valence-corrected chi connectivity index (χ1v) is 10.4. The van der Waals surface area contributed by atoms with E-state index in [4.69, 9.17) is 51.8 Å². The lowest BCUT2D eigenvalue weighted by atomic mass is 10.1. The second-order valence-corrected chi connectivity index (χ2v) is 8.04. The number of nitrogens with zero attached hydrogens (tertiary/aromatic N) is 1. The SMILES string of the molecule is COc1ccc(CN(Cc2ccc(Cl)cc2Cl)C(=S)Nc2ccc(Cl)cc2)cc1. The molecular formula is C22H19Cl3N2OS. The average molecular weight is 466 g/mol. The molecule has 0 saturated heterocycles. The quantitative estimate of drug-likeness (QED) is 0.394. The molecule has 3 rings (SSSR count). The molecule has 1 N–H and O–H groups in total. The topological polar surface area (TPSA) is 24.5 Å². The molecular weight excluding hydrogens is 447 g/mol. The summed E-state index contributed by atoms with van der Waals surface area (Å²) in [4.78, 5) is 2.04. The van der Waals surface area contributed by atoms with Gasteiger partial charge < -0.3 is 15.0 Å². The highest BCUT2D eigenvalue weighted by atomic mass is 35.5. The molecule has 0 saturated carbocycles. The van der Waals surface area contributed by atoms with Crippen LogP contribution in [-0.4, -0.2) is 17.1 Å². The highest BCUT2D eigenvalue weighted by molar-refractivity contribution is 7.80. The van der Waals surface area contributed by atoms with Crippen LogP contribution in [-0.2, 0) is 13.1 Å². The van der Waals surface area contributed by atoms with Crippen LogP contribution in [0.3, 0.4) is 0 Å². The minimum absolute atomic E-state index is 0.529. The van der Waals surface area contributed by atoms with Crippen molar-refractivity contribution in [1.29, 1.82) is 0 Å². The van der Waals surface area contributed by atoms with Gasteiger partial charge in [-0.2, -0.15) is 0 Å².